The van der Waals surface area contributed by atoms with E-state index in [9.17, 15) is 0 Å². The van der Waals surface area contributed by atoms with Crippen molar-refractivity contribution < 1.29 is 9.47 Å². The number of benzene rings is 1. The topological polar surface area (TPSA) is 30.5 Å². The molecule has 17 heavy (non-hydrogen) atoms. The smallest absolute Gasteiger partial charge is 0.124 e. The van der Waals surface area contributed by atoms with E-state index < -0.39 is 0 Å². The SMILES string of the molecule is CCCOCCNC1CCOc2ccccc21. The van der Waals surface area contributed by atoms with Crippen LogP contribution in [0.3, 0.4) is 0 Å². The Morgan fingerprint density at radius 2 is 2.24 bits per heavy atom. The fraction of sp³-hybridized carbons (Fsp3) is 0.571. The van der Waals surface area contributed by atoms with Gasteiger partial charge in [-0.25, -0.2) is 0 Å². The molecule has 1 unspecified atom stereocenters. The number of rotatable bonds is 6. The summed E-state index contributed by atoms with van der Waals surface area (Å²) in [5.41, 5.74) is 1.27. The highest BCUT2D eigenvalue weighted by Gasteiger charge is 2.19. The molecule has 1 N–H and O–H groups in total. The molecule has 0 bridgehead atoms. The Labute approximate surface area is 103 Å². The molecule has 0 spiro atoms. The number of nitrogens with one attached hydrogen (secondary N) is 1. The third kappa shape index (κ3) is 3.45. The summed E-state index contributed by atoms with van der Waals surface area (Å²) < 4.78 is 11.1. The molecule has 3 heteroatoms. The molecule has 0 amide bonds. The zero-order chi connectivity index (χ0) is 11.9. The largest absolute Gasteiger partial charge is 0.493 e. The van der Waals surface area contributed by atoms with Crippen molar-refractivity contribution in [3.8, 4) is 5.75 Å². The highest BCUT2D eigenvalue weighted by molar-refractivity contribution is 5.37. The molecule has 1 atom stereocenters. The third-order valence-electron chi connectivity index (χ3n) is 2.94. The van der Waals surface area contributed by atoms with Crippen molar-refractivity contribution in [3.05, 3.63) is 29.8 Å². The minimum Gasteiger partial charge on any atom is -0.493 e. The first-order chi connectivity index (χ1) is 8.42. The molecule has 1 heterocycles. The number of ether oxygens (including phenoxy) is 2. The van der Waals surface area contributed by atoms with Gasteiger partial charge >= 0.3 is 0 Å². The zero-order valence-corrected chi connectivity index (χ0v) is 10.4. The van der Waals surface area contributed by atoms with Gasteiger partial charge in [0.25, 0.3) is 0 Å². The molecule has 2 rings (SSSR count). The van der Waals surface area contributed by atoms with Crippen LogP contribution in [0.1, 0.15) is 31.4 Å². The highest BCUT2D eigenvalue weighted by atomic mass is 16.5. The van der Waals surface area contributed by atoms with Crippen LogP contribution in [0.5, 0.6) is 5.75 Å². The third-order valence-corrected chi connectivity index (χ3v) is 2.94. The molecule has 0 aromatic heterocycles. The highest BCUT2D eigenvalue weighted by Crippen LogP contribution is 2.31. The van der Waals surface area contributed by atoms with Gasteiger partial charge < -0.3 is 14.8 Å². The maximum atomic E-state index is 5.63. The lowest BCUT2D eigenvalue weighted by atomic mass is 10.0. The molecule has 0 fully saturated rings. The van der Waals surface area contributed by atoms with Crippen molar-refractivity contribution in [2.24, 2.45) is 0 Å². The second-order valence-electron chi connectivity index (χ2n) is 4.29. The number of hydrogen-bond donors (Lipinski definition) is 1. The molecule has 0 saturated carbocycles. The zero-order valence-electron chi connectivity index (χ0n) is 10.4. The van der Waals surface area contributed by atoms with Gasteiger partial charge in [-0.1, -0.05) is 25.1 Å². The van der Waals surface area contributed by atoms with E-state index in [0.717, 1.165) is 45.0 Å². The lowest BCUT2D eigenvalue weighted by molar-refractivity contribution is 0.132. The van der Waals surface area contributed by atoms with Gasteiger partial charge in [0.05, 0.1) is 13.2 Å². The van der Waals surface area contributed by atoms with E-state index in [1.165, 1.54) is 5.56 Å². The van der Waals surface area contributed by atoms with Gasteiger partial charge in [0.1, 0.15) is 5.75 Å². The van der Waals surface area contributed by atoms with E-state index in [1.807, 2.05) is 12.1 Å². The minimum atomic E-state index is 0.408. The van der Waals surface area contributed by atoms with Crippen molar-refractivity contribution in [2.75, 3.05) is 26.4 Å². The van der Waals surface area contributed by atoms with Crippen LogP contribution in [-0.4, -0.2) is 26.4 Å². The van der Waals surface area contributed by atoms with E-state index >= 15 is 0 Å². The van der Waals surface area contributed by atoms with E-state index in [2.05, 4.69) is 24.4 Å². The molecule has 1 aromatic rings. The van der Waals surface area contributed by atoms with E-state index in [-0.39, 0.29) is 0 Å². The van der Waals surface area contributed by atoms with Crippen LogP contribution in [-0.2, 0) is 4.74 Å². The average molecular weight is 235 g/mol. The number of hydrogen-bond acceptors (Lipinski definition) is 3. The average Bonchev–Trinajstić information content (AvgIpc) is 2.39. The first-order valence-electron chi connectivity index (χ1n) is 6.44. The summed E-state index contributed by atoms with van der Waals surface area (Å²) in [5, 5.41) is 3.53. The van der Waals surface area contributed by atoms with Gasteiger partial charge in [-0.3, -0.25) is 0 Å². The van der Waals surface area contributed by atoms with Gasteiger partial charge in [0.2, 0.25) is 0 Å². The first-order valence-corrected chi connectivity index (χ1v) is 6.44. The molecular weight excluding hydrogens is 214 g/mol. The fourth-order valence-electron chi connectivity index (χ4n) is 2.11. The maximum absolute atomic E-state index is 5.63. The van der Waals surface area contributed by atoms with Gasteiger partial charge in [0, 0.05) is 31.2 Å². The summed E-state index contributed by atoms with van der Waals surface area (Å²) in [7, 11) is 0. The van der Waals surface area contributed by atoms with Gasteiger partial charge in [-0.2, -0.15) is 0 Å². The van der Waals surface area contributed by atoms with Crippen LogP contribution in [0.4, 0.5) is 0 Å². The van der Waals surface area contributed by atoms with Crippen LogP contribution in [0.25, 0.3) is 0 Å². The molecule has 1 aliphatic rings. The maximum Gasteiger partial charge on any atom is 0.124 e. The molecule has 0 saturated heterocycles. The molecule has 94 valence electrons. The Hall–Kier alpha value is -1.06. The van der Waals surface area contributed by atoms with Crippen molar-refractivity contribution in [2.45, 2.75) is 25.8 Å². The normalized spacial score (nSPS) is 18.5. The predicted molar refractivity (Wildman–Crippen MR) is 68.4 cm³/mol. The Morgan fingerprint density at radius 3 is 3.12 bits per heavy atom. The van der Waals surface area contributed by atoms with Crippen molar-refractivity contribution in [1.82, 2.24) is 5.32 Å². The number of para-hydroxylation sites is 1. The monoisotopic (exact) mass is 235 g/mol. The van der Waals surface area contributed by atoms with Gasteiger partial charge in [-0.05, 0) is 12.5 Å². The van der Waals surface area contributed by atoms with Crippen LogP contribution < -0.4 is 10.1 Å². The van der Waals surface area contributed by atoms with Crippen LogP contribution in [0.15, 0.2) is 24.3 Å². The summed E-state index contributed by atoms with van der Waals surface area (Å²) in [6, 6.07) is 8.67. The first kappa shape index (κ1) is 12.4. The van der Waals surface area contributed by atoms with Gasteiger partial charge in [0.15, 0.2) is 0 Å². The van der Waals surface area contributed by atoms with Gasteiger partial charge in [-0.15, -0.1) is 0 Å². The molecule has 1 aliphatic heterocycles. The lowest BCUT2D eigenvalue weighted by Gasteiger charge is -2.26. The quantitative estimate of drug-likeness (QED) is 0.769. The van der Waals surface area contributed by atoms with E-state index in [0.29, 0.717) is 6.04 Å². The standard InChI is InChI=1S/C14H21NO2/c1-2-9-16-11-8-15-13-7-10-17-14-6-4-3-5-12(13)14/h3-6,13,15H,2,7-11H2,1H3. The fourth-order valence-corrected chi connectivity index (χ4v) is 2.11. The van der Waals surface area contributed by atoms with Crippen molar-refractivity contribution in [1.29, 1.82) is 0 Å². The number of fused-ring (bicyclic) bond motifs is 1. The summed E-state index contributed by atoms with van der Waals surface area (Å²) in [6.45, 7) is 5.46. The second kappa shape index (κ2) is 6.62. The molecule has 3 nitrogen and oxygen atoms in total. The summed E-state index contributed by atoms with van der Waals surface area (Å²) in [4.78, 5) is 0. The Morgan fingerprint density at radius 1 is 1.35 bits per heavy atom. The van der Waals surface area contributed by atoms with Crippen LogP contribution in [0, 0.1) is 0 Å². The summed E-state index contributed by atoms with van der Waals surface area (Å²) in [6.07, 6.45) is 2.12. The molecule has 0 aliphatic carbocycles. The molecule has 0 radical (unpaired) electrons. The van der Waals surface area contributed by atoms with Crippen LogP contribution >= 0.6 is 0 Å². The summed E-state index contributed by atoms with van der Waals surface area (Å²) >= 11 is 0. The van der Waals surface area contributed by atoms with Crippen LogP contribution in [0.2, 0.25) is 0 Å². The minimum absolute atomic E-state index is 0.408. The van der Waals surface area contributed by atoms with Crippen molar-refractivity contribution >= 4 is 0 Å². The summed E-state index contributed by atoms with van der Waals surface area (Å²) in [5.74, 6) is 1.02. The molecule has 1 aromatic carbocycles. The van der Waals surface area contributed by atoms with E-state index in [4.69, 9.17) is 9.47 Å². The van der Waals surface area contributed by atoms with E-state index in [1.54, 1.807) is 0 Å². The molecular formula is C14H21NO2. The lowest BCUT2D eigenvalue weighted by Crippen LogP contribution is -2.29. The Balaban J connectivity index is 1.82. The predicted octanol–water partition coefficient (Wildman–Crippen LogP) is 2.53. The van der Waals surface area contributed by atoms with Crippen molar-refractivity contribution in [3.63, 3.8) is 0 Å². The Kier molecular flexibility index (Phi) is 4.83. The second-order valence-corrected chi connectivity index (χ2v) is 4.29. The Bertz CT molecular complexity index is 341.